The fourth-order valence-electron chi connectivity index (χ4n) is 3.41. The quantitative estimate of drug-likeness (QED) is 0.485. The molecule has 0 bridgehead atoms. The number of pyridine rings is 1. The van der Waals surface area contributed by atoms with E-state index in [1.165, 1.54) is 0 Å². The van der Waals surface area contributed by atoms with Crippen LogP contribution >= 0.6 is 0 Å². The number of nitrogens with one attached hydrogen (secondary N) is 2. The molecule has 1 aromatic carbocycles. The number of aryl methyl sites for hydroxylation is 1. The molecule has 0 atom stereocenters. The number of carbonyl (C=O) groups excluding carboxylic acids is 2. The normalized spacial score (nSPS) is 11.4. The van der Waals surface area contributed by atoms with E-state index in [1.54, 1.807) is 30.7 Å². The van der Waals surface area contributed by atoms with Crippen molar-refractivity contribution in [2.75, 3.05) is 5.32 Å². The first-order valence-electron chi connectivity index (χ1n) is 10.7. The predicted molar refractivity (Wildman–Crippen MR) is 127 cm³/mol. The van der Waals surface area contributed by atoms with Crippen molar-refractivity contribution in [3.8, 4) is 0 Å². The lowest BCUT2D eigenvalue weighted by molar-refractivity contribution is 0.0950. The highest BCUT2D eigenvalue weighted by atomic mass is 16.2. The van der Waals surface area contributed by atoms with Gasteiger partial charge in [-0.05, 0) is 52.0 Å². The second-order valence-electron chi connectivity index (χ2n) is 8.84. The van der Waals surface area contributed by atoms with Crippen LogP contribution in [0.2, 0.25) is 0 Å². The molecule has 168 valence electrons. The fourth-order valence-corrected chi connectivity index (χ4v) is 3.41. The van der Waals surface area contributed by atoms with Crippen molar-refractivity contribution in [2.24, 2.45) is 0 Å². The summed E-state index contributed by atoms with van der Waals surface area (Å²) in [6.07, 6.45) is 5.04. The SMILES string of the molecule is Cc1ccc(C(=O)Nc2ncc3c(C(=O)NCc4ccccn4)cn(C(C)(C)C)c3n2)cc1. The van der Waals surface area contributed by atoms with Crippen LogP contribution < -0.4 is 10.6 Å². The van der Waals surface area contributed by atoms with Crippen molar-refractivity contribution >= 4 is 28.8 Å². The van der Waals surface area contributed by atoms with Gasteiger partial charge < -0.3 is 9.88 Å². The summed E-state index contributed by atoms with van der Waals surface area (Å²) in [6, 6.07) is 12.8. The minimum atomic E-state index is -0.343. The Balaban J connectivity index is 1.63. The number of aromatic nitrogens is 4. The molecule has 0 fully saturated rings. The van der Waals surface area contributed by atoms with E-state index in [1.807, 2.05) is 62.6 Å². The van der Waals surface area contributed by atoms with Crippen LogP contribution in [0, 0.1) is 6.92 Å². The molecule has 33 heavy (non-hydrogen) atoms. The van der Waals surface area contributed by atoms with Crippen LogP contribution in [-0.2, 0) is 12.1 Å². The minimum absolute atomic E-state index is 0.178. The van der Waals surface area contributed by atoms with E-state index in [9.17, 15) is 9.59 Å². The van der Waals surface area contributed by atoms with Crippen LogP contribution in [0.1, 0.15) is 52.7 Å². The number of anilines is 1. The van der Waals surface area contributed by atoms with E-state index in [0.717, 1.165) is 11.3 Å². The van der Waals surface area contributed by atoms with Gasteiger partial charge in [0.2, 0.25) is 5.95 Å². The highest BCUT2D eigenvalue weighted by Crippen LogP contribution is 2.27. The molecule has 2 N–H and O–H groups in total. The Morgan fingerprint density at radius 2 is 1.76 bits per heavy atom. The number of fused-ring (bicyclic) bond motifs is 1. The first kappa shape index (κ1) is 22.1. The number of hydrogen-bond acceptors (Lipinski definition) is 5. The van der Waals surface area contributed by atoms with Gasteiger partial charge in [0.1, 0.15) is 5.65 Å². The molecule has 3 heterocycles. The molecule has 8 heteroatoms. The molecule has 4 aromatic rings. The second kappa shape index (κ2) is 8.82. The number of nitrogens with zero attached hydrogens (tertiary/aromatic N) is 4. The van der Waals surface area contributed by atoms with Crippen molar-refractivity contribution in [1.29, 1.82) is 0 Å². The van der Waals surface area contributed by atoms with E-state index in [0.29, 0.717) is 28.7 Å². The van der Waals surface area contributed by atoms with Gasteiger partial charge in [0.25, 0.3) is 11.8 Å². The maximum Gasteiger partial charge on any atom is 0.258 e. The largest absolute Gasteiger partial charge is 0.346 e. The topological polar surface area (TPSA) is 102 Å². The molecule has 0 aliphatic carbocycles. The summed E-state index contributed by atoms with van der Waals surface area (Å²) >= 11 is 0. The molecule has 0 spiro atoms. The van der Waals surface area contributed by atoms with Crippen LogP contribution in [0.5, 0.6) is 0 Å². The zero-order valence-electron chi connectivity index (χ0n) is 19.1. The predicted octanol–water partition coefficient (Wildman–Crippen LogP) is 4.07. The third kappa shape index (κ3) is 4.90. The summed E-state index contributed by atoms with van der Waals surface area (Å²) in [4.78, 5) is 38.7. The van der Waals surface area contributed by atoms with Gasteiger partial charge in [-0.3, -0.25) is 19.9 Å². The molecule has 0 radical (unpaired) electrons. The zero-order chi connectivity index (χ0) is 23.6. The molecule has 0 unspecified atom stereocenters. The Morgan fingerprint density at radius 3 is 2.42 bits per heavy atom. The van der Waals surface area contributed by atoms with Crippen molar-refractivity contribution < 1.29 is 9.59 Å². The molecule has 0 aliphatic rings. The van der Waals surface area contributed by atoms with Gasteiger partial charge >= 0.3 is 0 Å². The summed E-state index contributed by atoms with van der Waals surface area (Å²) in [6.45, 7) is 8.34. The maximum atomic E-state index is 13.0. The monoisotopic (exact) mass is 442 g/mol. The molecule has 3 aromatic heterocycles. The highest BCUT2D eigenvalue weighted by Gasteiger charge is 2.23. The lowest BCUT2D eigenvalue weighted by Crippen LogP contribution is -2.24. The van der Waals surface area contributed by atoms with Gasteiger partial charge in [0.15, 0.2) is 0 Å². The smallest absolute Gasteiger partial charge is 0.258 e. The van der Waals surface area contributed by atoms with Crippen LogP contribution in [0.25, 0.3) is 11.0 Å². The number of hydrogen-bond donors (Lipinski definition) is 2. The van der Waals surface area contributed by atoms with E-state index in [2.05, 4.69) is 25.6 Å². The van der Waals surface area contributed by atoms with Crippen LogP contribution in [0.15, 0.2) is 61.1 Å². The number of amides is 2. The standard InChI is InChI=1S/C25H26N6O2/c1-16-8-10-17(11-9-16)22(32)30-24-28-14-19-20(15-31(21(19)29-24)25(2,3)4)23(33)27-13-18-7-5-6-12-26-18/h5-12,14-15H,13H2,1-4H3,(H,27,33)(H,28,29,30,32). The maximum absolute atomic E-state index is 13.0. The van der Waals surface area contributed by atoms with Crippen molar-refractivity contribution in [1.82, 2.24) is 24.8 Å². The third-order valence-electron chi connectivity index (χ3n) is 5.21. The Labute approximate surface area is 192 Å². The Morgan fingerprint density at radius 1 is 1.00 bits per heavy atom. The van der Waals surface area contributed by atoms with Crippen LogP contribution in [0.4, 0.5) is 5.95 Å². The number of carbonyl (C=O) groups is 2. The number of rotatable bonds is 5. The van der Waals surface area contributed by atoms with Crippen LogP contribution in [0.3, 0.4) is 0 Å². The average molecular weight is 443 g/mol. The second-order valence-corrected chi connectivity index (χ2v) is 8.84. The summed E-state index contributed by atoms with van der Waals surface area (Å²) in [5.41, 5.74) is 3.05. The first-order chi connectivity index (χ1) is 15.7. The molecule has 8 nitrogen and oxygen atoms in total. The zero-order valence-corrected chi connectivity index (χ0v) is 19.1. The Kier molecular flexibility index (Phi) is 5.91. The third-order valence-corrected chi connectivity index (χ3v) is 5.21. The molecule has 2 amide bonds. The molecule has 0 saturated heterocycles. The molecule has 0 saturated carbocycles. The Hall–Kier alpha value is -4.07. The molecule has 4 rings (SSSR count). The van der Waals surface area contributed by atoms with Crippen LogP contribution in [-0.4, -0.2) is 31.3 Å². The van der Waals surface area contributed by atoms with E-state index < -0.39 is 0 Å². The Bertz CT molecular complexity index is 1300. The molecular weight excluding hydrogens is 416 g/mol. The van der Waals surface area contributed by atoms with Gasteiger partial charge in [-0.25, -0.2) is 4.98 Å². The minimum Gasteiger partial charge on any atom is -0.346 e. The lowest BCUT2D eigenvalue weighted by Gasteiger charge is -2.22. The van der Waals surface area contributed by atoms with Crippen molar-refractivity contribution in [3.05, 3.63) is 83.4 Å². The van der Waals surface area contributed by atoms with Gasteiger partial charge in [-0.15, -0.1) is 0 Å². The highest BCUT2D eigenvalue weighted by molar-refractivity contribution is 6.07. The summed E-state index contributed by atoms with van der Waals surface area (Å²) in [7, 11) is 0. The summed E-state index contributed by atoms with van der Waals surface area (Å²) in [5.74, 6) is -0.359. The van der Waals surface area contributed by atoms with E-state index in [4.69, 9.17) is 0 Å². The molecule has 0 aliphatic heterocycles. The lowest BCUT2D eigenvalue weighted by atomic mass is 10.1. The summed E-state index contributed by atoms with van der Waals surface area (Å²) < 4.78 is 1.92. The first-order valence-corrected chi connectivity index (χ1v) is 10.7. The number of benzene rings is 1. The molecular formula is C25H26N6O2. The van der Waals surface area contributed by atoms with E-state index >= 15 is 0 Å². The summed E-state index contributed by atoms with van der Waals surface area (Å²) in [5, 5.41) is 6.26. The van der Waals surface area contributed by atoms with Crippen molar-refractivity contribution in [2.45, 2.75) is 39.8 Å². The van der Waals surface area contributed by atoms with E-state index in [-0.39, 0.29) is 23.3 Å². The van der Waals surface area contributed by atoms with Gasteiger partial charge in [-0.2, -0.15) is 4.98 Å². The van der Waals surface area contributed by atoms with Gasteiger partial charge in [0, 0.05) is 29.7 Å². The fraction of sp³-hybridized carbons (Fsp3) is 0.240. The van der Waals surface area contributed by atoms with Gasteiger partial charge in [0.05, 0.1) is 23.2 Å². The van der Waals surface area contributed by atoms with Gasteiger partial charge in [-0.1, -0.05) is 23.8 Å². The van der Waals surface area contributed by atoms with Crippen molar-refractivity contribution in [3.63, 3.8) is 0 Å². The average Bonchev–Trinajstić information content (AvgIpc) is 3.18.